The molecule has 0 atom stereocenters. The van der Waals surface area contributed by atoms with Gasteiger partial charge in [-0.1, -0.05) is 35.1 Å². The second kappa shape index (κ2) is 7.54. The molecule has 2 aromatic heterocycles. The van der Waals surface area contributed by atoms with Crippen LogP contribution < -0.4 is 5.32 Å². The number of nitrogens with zero attached hydrogens (tertiary/aromatic N) is 4. The summed E-state index contributed by atoms with van der Waals surface area (Å²) in [5.74, 6) is -0.430. The summed E-state index contributed by atoms with van der Waals surface area (Å²) in [6.45, 7) is 0. The van der Waals surface area contributed by atoms with Gasteiger partial charge in [0.1, 0.15) is 4.92 Å². The summed E-state index contributed by atoms with van der Waals surface area (Å²) >= 11 is 8.11. The van der Waals surface area contributed by atoms with Crippen LogP contribution >= 0.6 is 34.7 Å². The third-order valence-electron chi connectivity index (χ3n) is 3.41. The molecule has 0 bridgehead atoms. The third kappa shape index (κ3) is 3.96. The van der Waals surface area contributed by atoms with Crippen molar-refractivity contribution < 1.29 is 14.1 Å². The van der Waals surface area contributed by atoms with Crippen molar-refractivity contribution in [2.75, 3.05) is 0 Å². The topological polar surface area (TPSA) is 124 Å². The molecular weight excluding hydrogens is 426 g/mol. The van der Waals surface area contributed by atoms with Crippen LogP contribution in [-0.2, 0) is 4.79 Å². The third-order valence-corrected chi connectivity index (χ3v) is 5.41. The number of aromatic nitrogens is 2. The maximum atomic E-state index is 12.1. The van der Waals surface area contributed by atoms with Crippen molar-refractivity contribution in [1.29, 1.82) is 0 Å². The van der Waals surface area contributed by atoms with E-state index in [2.05, 4.69) is 20.5 Å². The van der Waals surface area contributed by atoms with Crippen LogP contribution in [0.2, 0.25) is 5.02 Å². The first kappa shape index (κ1) is 18.3. The minimum atomic E-state index is -0.634. The average molecular weight is 434 g/mol. The lowest BCUT2D eigenvalue weighted by atomic mass is 10.2. The molecule has 1 aliphatic heterocycles. The Labute approximate surface area is 170 Å². The summed E-state index contributed by atoms with van der Waals surface area (Å²) in [7, 11) is 0. The van der Waals surface area contributed by atoms with Crippen molar-refractivity contribution in [3.63, 3.8) is 0 Å². The van der Waals surface area contributed by atoms with Crippen LogP contribution in [0.1, 0.15) is 5.56 Å². The fourth-order valence-electron chi connectivity index (χ4n) is 2.18. The van der Waals surface area contributed by atoms with Crippen molar-refractivity contribution in [1.82, 2.24) is 15.5 Å². The zero-order chi connectivity index (χ0) is 19.7. The summed E-state index contributed by atoms with van der Waals surface area (Å²) in [5, 5.41) is 22.8. The highest BCUT2D eigenvalue weighted by Gasteiger charge is 2.24. The van der Waals surface area contributed by atoms with E-state index in [0.717, 1.165) is 16.9 Å². The summed E-state index contributed by atoms with van der Waals surface area (Å²) in [4.78, 5) is 26.9. The maximum Gasteiger partial charge on any atom is 0.433 e. The predicted octanol–water partition coefficient (Wildman–Crippen LogP) is 4.25. The summed E-state index contributed by atoms with van der Waals surface area (Å²) in [5.41, 5.74) is 0.834. The van der Waals surface area contributed by atoms with Gasteiger partial charge >= 0.3 is 5.88 Å². The summed E-state index contributed by atoms with van der Waals surface area (Å²) in [6, 6.07) is 9.76. The standard InChI is InChI=1S/C16H8ClN5O4S2/c17-9-3-1-8(2-4-9)7-11-13(23)18-15(27-11)19-16-21-20-14(28-16)10-5-6-12(26-10)22(24)25/h1-7H,(H,18,19,21,23). The fraction of sp³-hybridized carbons (Fsp3) is 0. The zero-order valence-electron chi connectivity index (χ0n) is 13.7. The Hall–Kier alpha value is -3.02. The van der Waals surface area contributed by atoms with Crippen LogP contribution in [0.5, 0.6) is 0 Å². The highest BCUT2D eigenvalue weighted by atomic mass is 35.5. The molecule has 1 fully saturated rings. The predicted molar refractivity (Wildman–Crippen MR) is 107 cm³/mol. The molecule has 1 amide bonds. The van der Waals surface area contributed by atoms with Gasteiger partial charge in [-0.3, -0.25) is 14.9 Å². The first-order valence-electron chi connectivity index (χ1n) is 7.61. The number of amides is 1. The molecule has 4 rings (SSSR count). The molecule has 140 valence electrons. The lowest BCUT2D eigenvalue weighted by Crippen LogP contribution is -2.19. The molecule has 0 unspecified atom stereocenters. The largest absolute Gasteiger partial charge is 0.433 e. The number of amidine groups is 1. The van der Waals surface area contributed by atoms with E-state index >= 15 is 0 Å². The van der Waals surface area contributed by atoms with Gasteiger partial charge in [-0.25, -0.2) is 0 Å². The van der Waals surface area contributed by atoms with Gasteiger partial charge in [-0.05, 0) is 41.6 Å². The van der Waals surface area contributed by atoms with E-state index < -0.39 is 4.92 Å². The Balaban J connectivity index is 1.52. The van der Waals surface area contributed by atoms with Gasteiger partial charge < -0.3 is 9.73 Å². The minimum Gasteiger partial charge on any atom is -0.398 e. The Morgan fingerprint density at radius 1 is 1.21 bits per heavy atom. The molecule has 9 nitrogen and oxygen atoms in total. The Kier molecular flexibility index (Phi) is 4.94. The van der Waals surface area contributed by atoms with Crippen molar-refractivity contribution in [3.05, 3.63) is 62.0 Å². The first-order chi connectivity index (χ1) is 13.5. The summed E-state index contributed by atoms with van der Waals surface area (Å²) < 4.78 is 5.09. The number of halogens is 1. The number of carbonyl (C=O) groups excluding carboxylic acids is 1. The van der Waals surface area contributed by atoms with Gasteiger partial charge in [0, 0.05) is 5.02 Å². The van der Waals surface area contributed by atoms with Crippen molar-refractivity contribution in [2.45, 2.75) is 0 Å². The van der Waals surface area contributed by atoms with Gasteiger partial charge in [0.2, 0.25) is 5.13 Å². The molecule has 0 aliphatic carbocycles. The average Bonchev–Trinajstić information content (AvgIpc) is 3.38. The molecular formula is C16H8ClN5O4S2. The highest BCUT2D eigenvalue weighted by molar-refractivity contribution is 8.18. The second-order valence-electron chi connectivity index (χ2n) is 5.32. The van der Waals surface area contributed by atoms with Crippen LogP contribution in [-0.4, -0.2) is 26.2 Å². The number of benzene rings is 1. The number of thioether (sulfide) groups is 1. The second-order valence-corrected chi connectivity index (χ2v) is 7.74. The van der Waals surface area contributed by atoms with Crippen molar-refractivity contribution in [3.8, 4) is 10.8 Å². The molecule has 12 heteroatoms. The van der Waals surface area contributed by atoms with Crippen LogP contribution in [0.3, 0.4) is 0 Å². The molecule has 0 radical (unpaired) electrons. The molecule has 1 aliphatic rings. The number of hydrogen-bond donors (Lipinski definition) is 1. The number of hydrogen-bond acceptors (Lipinski definition) is 9. The lowest BCUT2D eigenvalue weighted by Gasteiger charge is -1.94. The van der Waals surface area contributed by atoms with E-state index in [1.54, 1.807) is 30.3 Å². The van der Waals surface area contributed by atoms with Crippen molar-refractivity contribution >= 4 is 62.9 Å². The van der Waals surface area contributed by atoms with Gasteiger partial charge in [0.15, 0.2) is 15.9 Å². The van der Waals surface area contributed by atoms with E-state index in [-0.39, 0.29) is 22.7 Å². The maximum absolute atomic E-state index is 12.1. The van der Waals surface area contributed by atoms with E-state index in [1.807, 2.05) is 0 Å². The van der Waals surface area contributed by atoms with Crippen LogP contribution in [0, 0.1) is 10.1 Å². The van der Waals surface area contributed by atoms with Crippen molar-refractivity contribution in [2.24, 2.45) is 4.99 Å². The lowest BCUT2D eigenvalue weighted by molar-refractivity contribution is -0.401. The molecule has 3 aromatic rings. The molecule has 28 heavy (non-hydrogen) atoms. The Morgan fingerprint density at radius 2 is 2.00 bits per heavy atom. The van der Waals surface area contributed by atoms with Crippen LogP contribution in [0.25, 0.3) is 16.8 Å². The van der Waals surface area contributed by atoms with E-state index in [9.17, 15) is 14.9 Å². The molecule has 0 spiro atoms. The van der Waals surface area contributed by atoms with Gasteiger partial charge in [0.25, 0.3) is 5.91 Å². The zero-order valence-corrected chi connectivity index (χ0v) is 16.0. The number of nitrogens with one attached hydrogen (secondary N) is 1. The molecule has 1 aromatic carbocycles. The van der Waals surface area contributed by atoms with Gasteiger partial charge in [0.05, 0.1) is 11.0 Å². The molecule has 0 saturated carbocycles. The Bertz CT molecular complexity index is 1140. The first-order valence-corrected chi connectivity index (χ1v) is 9.62. The molecule has 1 saturated heterocycles. The number of rotatable bonds is 4. The van der Waals surface area contributed by atoms with Crippen LogP contribution in [0.4, 0.5) is 11.0 Å². The van der Waals surface area contributed by atoms with Gasteiger partial charge in [-0.15, -0.1) is 10.2 Å². The molecule has 3 heterocycles. The number of carbonyl (C=O) groups is 1. The Morgan fingerprint density at radius 3 is 2.71 bits per heavy atom. The fourth-order valence-corrected chi connectivity index (χ4v) is 3.87. The van der Waals surface area contributed by atoms with Crippen LogP contribution in [0.15, 0.2) is 50.7 Å². The highest BCUT2D eigenvalue weighted by Crippen LogP contribution is 2.33. The molecule has 1 N–H and O–H groups in total. The van der Waals surface area contributed by atoms with E-state index in [1.165, 1.54) is 23.9 Å². The van der Waals surface area contributed by atoms with E-state index in [4.69, 9.17) is 16.0 Å². The summed E-state index contributed by atoms with van der Waals surface area (Å²) in [6.07, 6.45) is 1.73. The normalized spacial score (nSPS) is 16.7. The quantitative estimate of drug-likeness (QED) is 0.370. The number of furan rings is 1. The number of nitro groups is 1. The SMILES string of the molecule is O=C1NC(=Nc2nnc(-c3ccc([N+](=O)[O-])o3)s2)SC1=Cc1ccc(Cl)cc1. The van der Waals surface area contributed by atoms with E-state index in [0.29, 0.717) is 20.1 Å². The monoisotopic (exact) mass is 433 g/mol. The minimum absolute atomic E-state index is 0.224. The smallest absolute Gasteiger partial charge is 0.398 e. The number of aliphatic imine (C=N–C) groups is 1. The van der Waals surface area contributed by atoms with Gasteiger partial charge in [-0.2, -0.15) is 4.99 Å².